The topological polar surface area (TPSA) is 84.6 Å². The molecule has 0 unspecified atom stereocenters. The number of fused-ring (bicyclic) bond motifs is 1. The van der Waals surface area contributed by atoms with E-state index >= 15 is 0 Å². The van der Waals surface area contributed by atoms with Gasteiger partial charge in [-0.1, -0.05) is 39.7 Å². The van der Waals surface area contributed by atoms with E-state index in [0.29, 0.717) is 21.7 Å². The minimum atomic E-state index is -0.472. The number of nitrogens with zero attached hydrogens (tertiary/aromatic N) is 2. The SMILES string of the molecule is O=C(N/N=C/c1coc2cc(Br)ccc2c1=O)c1nc(-c2ccc(Cl)cc2)cs1. The summed E-state index contributed by atoms with van der Waals surface area (Å²) in [5, 5.41) is 6.93. The van der Waals surface area contributed by atoms with Crippen LogP contribution in [0.2, 0.25) is 5.02 Å². The molecular formula is C20H11BrClN3O3S. The van der Waals surface area contributed by atoms with Crippen LogP contribution in [0.3, 0.4) is 0 Å². The highest BCUT2D eigenvalue weighted by Gasteiger charge is 2.12. The molecule has 0 fully saturated rings. The van der Waals surface area contributed by atoms with Crippen LogP contribution in [0, 0.1) is 0 Å². The van der Waals surface area contributed by atoms with Gasteiger partial charge in [-0.2, -0.15) is 5.10 Å². The van der Waals surface area contributed by atoms with Crippen molar-refractivity contribution in [2.75, 3.05) is 0 Å². The van der Waals surface area contributed by atoms with Gasteiger partial charge in [0, 0.05) is 20.4 Å². The number of hydrogen-bond acceptors (Lipinski definition) is 6. The van der Waals surface area contributed by atoms with Crippen LogP contribution in [0.4, 0.5) is 0 Å². The molecule has 2 aromatic carbocycles. The molecule has 4 aromatic rings. The van der Waals surface area contributed by atoms with E-state index in [2.05, 4.69) is 31.4 Å². The molecule has 29 heavy (non-hydrogen) atoms. The van der Waals surface area contributed by atoms with E-state index in [-0.39, 0.29) is 16.0 Å². The number of halogens is 2. The summed E-state index contributed by atoms with van der Waals surface area (Å²) in [7, 11) is 0. The van der Waals surface area contributed by atoms with E-state index in [4.69, 9.17) is 16.0 Å². The van der Waals surface area contributed by atoms with Gasteiger partial charge >= 0.3 is 0 Å². The van der Waals surface area contributed by atoms with Gasteiger partial charge in [0.1, 0.15) is 11.8 Å². The monoisotopic (exact) mass is 487 g/mol. The van der Waals surface area contributed by atoms with Gasteiger partial charge in [-0.25, -0.2) is 10.4 Å². The molecule has 0 saturated heterocycles. The average Bonchev–Trinajstić information content (AvgIpc) is 3.20. The van der Waals surface area contributed by atoms with Crippen LogP contribution >= 0.6 is 38.9 Å². The van der Waals surface area contributed by atoms with Crippen molar-refractivity contribution in [2.24, 2.45) is 5.10 Å². The van der Waals surface area contributed by atoms with Gasteiger partial charge in [0.05, 0.1) is 22.9 Å². The highest BCUT2D eigenvalue weighted by atomic mass is 79.9. The molecule has 0 atom stereocenters. The molecule has 0 radical (unpaired) electrons. The normalized spacial score (nSPS) is 11.2. The molecule has 0 aliphatic rings. The molecule has 4 rings (SSSR count). The lowest BCUT2D eigenvalue weighted by Gasteiger charge is -1.99. The second kappa shape index (κ2) is 8.28. The number of aromatic nitrogens is 1. The summed E-state index contributed by atoms with van der Waals surface area (Å²) < 4.78 is 6.26. The van der Waals surface area contributed by atoms with E-state index in [0.717, 1.165) is 10.0 Å². The fourth-order valence-electron chi connectivity index (χ4n) is 2.55. The summed E-state index contributed by atoms with van der Waals surface area (Å²) in [5.74, 6) is -0.472. The first-order valence-corrected chi connectivity index (χ1v) is 10.3. The third-order valence-corrected chi connectivity index (χ3v) is 5.56. The van der Waals surface area contributed by atoms with E-state index in [1.807, 2.05) is 12.1 Å². The van der Waals surface area contributed by atoms with E-state index in [1.165, 1.54) is 23.8 Å². The van der Waals surface area contributed by atoms with Crippen LogP contribution in [0.25, 0.3) is 22.2 Å². The van der Waals surface area contributed by atoms with Crippen LogP contribution < -0.4 is 10.9 Å². The predicted molar refractivity (Wildman–Crippen MR) is 118 cm³/mol. The molecule has 2 heterocycles. The van der Waals surface area contributed by atoms with Gasteiger partial charge in [0.2, 0.25) is 5.43 Å². The maximum atomic E-state index is 12.5. The van der Waals surface area contributed by atoms with Gasteiger partial charge < -0.3 is 4.42 Å². The van der Waals surface area contributed by atoms with Crippen molar-refractivity contribution in [2.45, 2.75) is 0 Å². The smallest absolute Gasteiger partial charge is 0.300 e. The Hall–Kier alpha value is -2.81. The Morgan fingerprint density at radius 1 is 1.24 bits per heavy atom. The first kappa shape index (κ1) is 19.5. The fourth-order valence-corrected chi connectivity index (χ4v) is 3.73. The molecule has 6 nitrogen and oxygen atoms in total. The van der Waals surface area contributed by atoms with Crippen molar-refractivity contribution in [3.8, 4) is 11.3 Å². The van der Waals surface area contributed by atoms with Gasteiger partial charge in [-0.05, 0) is 30.3 Å². The maximum absolute atomic E-state index is 12.5. The van der Waals surface area contributed by atoms with Crippen LogP contribution in [0.15, 0.2) is 72.9 Å². The first-order chi connectivity index (χ1) is 14.0. The number of rotatable bonds is 4. The predicted octanol–water partition coefficient (Wildman–Crippen LogP) is 5.10. The van der Waals surface area contributed by atoms with Crippen LogP contribution in [0.1, 0.15) is 15.4 Å². The molecule has 0 saturated carbocycles. The lowest BCUT2D eigenvalue weighted by Crippen LogP contribution is -2.18. The van der Waals surface area contributed by atoms with Gasteiger partial charge in [0.15, 0.2) is 5.01 Å². The average molecular weight is 489 g/mol. The molecule has 144 valence electrons. The van der Waals surface area contributed by atoms with E-state index in [9.17, 15) is 9.59 Å². The van der Waals surface area contributed by atoms with Crippen LogP contribution in [-0.2, 0) is 0 Å². The Morgan fingerprint density at radius 3 is 2.83 bits per heavy atom. The summed E-state index contributed by atoms with van der Waals surface area (Å²) in [6, 6.07) is 12.3. The maximum Gasteiger partial charge on any atom is 0.300 e. The zero-order valence-corrected chi connectivity index (χ0v) is 17.7. The quantitative estimate of drug-likeness (QED) is 0.320. The molecule has 0 spiro atoms. The van der Waals surface area contributed by atoms with Crippen molar-refractivity contribution < 1.29 is 9.21 Å². The molecular weight excluding hydrogens is 478 g/mol. The summed E-state index contributed by atoms with van der Waals surface area (Å²) in [4.78, 5) is 29.0. The largest absolute Gasteiger partial charge is 0.463 e. The summed E-state index contributed by atoms with van der Waals surface area (Å²) in [5.41, 5.74) is 4.34. The van der Waals surface area contributed by atoms with Crippen molar-refractivity contribution in [3.63, 3.8) is 0 Å². The zero-order chi connectivity index (χ0) is 20.4. The lowest BCUT2D eigenvalue weighted by molar-refractivity contribution is 0.0955. The fraction of sp³-hybridized carbons (Fsp3) is 0. The molecule has 1 N–H and O–H groups in total. The summed E-state index contributed by atoms with van der Waals surface area (Å²) in [6.45, 7) is 0. The standard InChI is InChI=1S/C20H11BrClN3O3S/c21-13-3-6-15-17(7-13)28-9-12(18(15)26)8-23-25-19(27)20-24-16(10-29-20)11-1-4-14(22)5-2-11/h1-10H,(H,25,27)/b23-8+. The molecule has 0 bridgehead atoms. The second-order valence-electron chi connectivity index (χ2n) is 5.90. The molecule has 2 aromatic heterocycles. The summed E-state index contributed by atoms with van der Waals surface area (Å²) in [6.07, 6.45) is 2.55. The van der Waals surface area contributed by atoms with Crippen molar-refractivity contribution in [1.29, 1.82) is 0 Å². The molecule has 9 heteroatoms. The minimum Gasteiger partial charge on any atom is -0.463 e. The number of carbonyl (C=O) groups excluding carboxylic acids is 1. The zero-order valence-electron chi connectivity index (χ0n) is 14.6. The Bertz CT molecular complexity index is 1300. The van der Waals surface area contributed by atoms with Crippen LogP contribution in [0.5, 0.6) is 0 Å². The number of nitrogens with one attached hydrogen (secondary N) is 1. The Labute approximate surface area is 182 Å². The molecule has 0 aliphatic carbocycles. The Kier molecular flexibility index (Phi) is 5.57. The summed E-state index contributed by atoms with van der Waals surface area (Å²) >= 11 is 10.4. The van der Waals surface area contributed by atoms with E-state index in [1.54, 1.807) is 35.7 Å². The number of benzene rings is 2. The van der Waals surface area contributed by atoms with Gasteiger partial charge in [-0.3, -0.25) is 9.59 Å². The molecule has 0 aliphatic heterocycles. The number of thiazole rings is 1. The first-order valence-electron chi connectivity index (χ1n) is 8.27. The highest BCUT2D eigenvalue weighted by Crippen LogP contribution is 2.23. The lowest BCUT2D eigenvalue weighted by atomic mass is 10.2. The van der Waals surface area contributed by atoms with Crippen LogP contribution in [-0.4, -0.2) is 17.1 Å². The number of hydrogen-bond donors (Lipinski definition) is 1. The Morgan fingerprint density at radius 2 is 2.03 bits per heavy atom. The number of amides is 1. The van der Waals surface area contributed by atoms with Crippen molar-refractivity contribution in [1.82, 2.24) is 10.4 Å². The number of hydrazone groups is 1. The second-order valence-corrected chi connectivity index (χ2v) is 8.11. The third kappa shape index (κ3) is 4.29. The van der Waals surface area contributed by atoms with Crippen molar-refractivity contribution >= 4 is 62.0 Å². The Balaban J connectivity index is 1.48. The molecule has 1 amide bonds. The number of carbonyl (C=O) groups is 1. The minimum absolute atomic E-state index is 0.223. The van der Waals surface area contributed by atoms with Gasteiger partial charge in [0.25, 0.3) is 5.91 Å². The van der Waals surface area contributed by atoms with Gasteiger partial charge in [-0.15, -0.1) is 11.3 Å². The highest BCUT2D eigenvalue weighted by molar-refractivity contribution is 9.10. The third-order valence-electron chi connectivity index (χ3n) is 3.97. The van der Waals surface area contributed by atoms with E-state index < -0.39 is 5.91 Å². The van der Waals surface area contributed by atoms with Crippen molar-refractivity contribution in [3.05, 3.63) is 84.4 Å².